The van der Waals surface area contributed by atoms with E-state index < -0.39 is 51.7 Å². The van der Waals surface area contributed by atoms with Gasteiger partial charge in [0.05, 0.1) is 22.6 Å². The van der Waals surface area contributed by atoms with Crippen LogP contribution in [0.2, 0.25) is 0 Å². The maximum absolute atomic E-state index is 12.5. The number of imide groups is 1. The fraction of sp³-hybridized carbons (Fsp3) is 0.474. The molecule has 1 saturated heterocycles. The SMILES string of the molecule is C[C@H](OC(=O)[C@H](C)N1C(=O)c2ccccc2C1=O)C(=O)N(C)[C@@H]1CCS(=O)(=O)C1. The summed E-state index contributed by atoms with van der Waals surface area (Å²) in [6.45, 7) is 2.73. The molecular weight excluding hydrogens is 400 g/mol. The first-order valence-corrected chi connectivity index (χ1v) is 11.0. The lowest BCUT2D eigenvalue weighted by Gasteiger charge is -2.28. The van der Waals surface area contributed by atoms with E-state index in [4.69, 9.17) is 4.74 Å². The van der Waals surface area contributed by atoms with Crippen LogP contribution in [0, 0.1) is 0 Å². The summed E-state index contributed by atoms with van der Waals surface area (Å²) in [4.78, 5) is 52.1. The number of likely N-dealkylation sites (N-methyl/N-ethyl adjacent to an activating group) is 1. The van der Waals surface area contributed by atoms with E-state index in [1.807, 2.05) is 0 Å². The van der Waals surface area contributed by atoms with Gasteiger partial charge in [-0.1, -0.05) is 12.1 Å². The Kier molecular flexibility index (Phi) is 5.48. The highest BCUT2D eigenvalue weighted by molar-refractivity contribution is 7.91. The molecule has 0 bridgehead atoms. The molecule has 10 heteroatoms. The first-order valence-electron chi connectivity index (χ1n) is 9.18. The maximum Gasteiger partial charge on any atom is 0.329 e. The number of carbonyl (C=O) groups is 4. The average molecular weight is 422 g/mol. The number of nitrogens with zero attached hydrogens (tertiary/aromatic N) is 2. The van der Waals surface area contributed by atoms with Crippen LogP contribution in [-0.2, 0) is 24.2 Å². The highest BCUT2D eigenvalue weighted by atomic mass is 32.2. The number of hydrogen-bond acceptors (Lipinski definition) is 7. The van der Waals surface area contributed by atoms with Crippen molar-refractivity contribution in [1.29, 1.82) is 0 Å². The molecule has 0 unspecified atom stereocenters. The molecule has 3 atom stereocenters. The molecule has 2 heterocycles. The summed E-state index contributed by atoms with van der Waals surface area (Å²) in [6.07, 6.45) is -0.857. The average Bonchev–Trinajstić information content (AvgIpc) is 3.17. The lowest BCUT2D eigenvalue weighted by atomic mass is 10.1. The quantitative estimate of drug-likeness (QED) is 0.493. The summed E-state index contributed by atoms with van der Waals surface area (Å²) >= 11 is 0. The standard InChI is InChI=1S/C19H22N2O7S/c1-11(21-17(23)14-6-4-5-7-15(14)18(21)24)19(25)28-12(2)16(22)20(3)13-8-9-29(26,27)10-13/h4-7,11-13H,8-10H2,1-3H3/t11-,12-,13+/m0/s1. The van der Waals surface area contributed by atoms with Crippen LogP contribution in [0.3, 0.4) is 0 Å². The summed E-state index contributed by atoms with van der Waals surface area (Å²) in [5.74, 6) is -2.74. The Balaban J connectivity index is 1.65. The molecule has 0 aliphatic carbocycles. The first-order chi connectivity index (χ1) is 13.5. The maximum atomic E-state index is 12.5. The highest BCUT2D eigenvalue weighted by Crippen LogP contribution is 2.25. The smallest absolute Gasteiger partial charge is 0.329 e. The molecule has 29 heavy (non-hydrogen) atoms. The largest absolute Gasteiger partial charge is 0.451 e. The number of rotatable bonds is 5. The topological polar surface area (TPSA) is 118 Å². The van der Waals surface area contributed by atoms with E-state index in [0.29, 0.717) is 6.42 Å². The number of amides is 3. The van der Waals surface area contributed by atoms with Crippen molar-refractivity contribution in [2.45, 2.75) is 38.5 Å². The predicted molar refractivity (Wildman–Crippen MR) is 102 cm³/mol. The predicted octanol–water partition coefficient (Wildman–Crippen LogP) is 0.248. The molecule has 9 nitrogen and oxygen atoms in total. The second kappa shape index (κ2) is 7.58. The molecule has 156 valence electrons. The van der Waals surface area contributed by atoms with Gasteiger partial charge in [-0.15, -0.1) is 0 Å². The van der Waals surface area contributed by atoms with Gasteiger partial charge in [0.1, 0.15) is 6.04 Å². The van der Waals surface area contributed by atoms with Crippen LogP contribution in [0.5, 0.6) is 0 Å². The van der Waals surface area contributed by atoms with Gasteiger partial charge in [0.25, 0.3) is 17.7 Å². The number of ether oxygens (including phenoxy) is 1. The molecule has 3 amide bonds. The molecule has 0 spiro atoms. The lowest BCUT2D eigenvalue weighted by Crippen LogP contribution is -2.48. The van der Waals surface area contributed by atoms with Crippen molar-refractivity contribution in [2.24, 2.45) is 0 Å². The summed E-state index contributed by atoms with van der Waals surface area (Å²) in [7, 11) is -1.70. The highest BCUT2D eigenvalue weighted by Gasteiger charge is 2.42. The third-order valence-corrected chi connectivity index (χ3v) is 7.05. The van der Waals surface area contributed by atoms with Gasteiger partial charge in [-0.2, -0.15) is 0 Å². The van der Waals surface area contributed by atoms with Gasteiger partial charge in [0.15, 0.2) is 15.9 Å². The van der Waals surface area contributed by atoms with E-state index in [1.165, 1.54) is 37.9 Å². The Labute approximate surface area is 168 Å². The Morgan fingerprint density at radius 2 is 1.69 bits per heavy atom. The first kappa shape index (κ1) is 21.0. The van der Waals surface area contributed by atoms with Crippen LogP contribution in [0.25, 0.3) is 0 Å². The molecule has 0 aromatic heterocycles. The summed E-state index contributed by atoms with van der Waals surface area (Å²) in [6, 6.07) is 4.57. The van der Waals surface area contributed by atoms with E-state index in [1.54, 1.807) is 12.1 Å². The van der Waals surface area contributed by atoms with Gasteiger partial charge >= 0.3 is 5.97 Å². The monoisotopic (exact) mass is 422 g/mol. The van der Waals surface area contributed by atoms with E-state index in [9.17, 15) is 27.6 Å². The Morgan fingerprint density at radius 1 is 1.14 bits per heavy atom. The van der Waals surface area contributed by atoms with Crippen LogP contribution in [0.1, 0.15) is 41.0 Å². The number of benzene rings is 1. The number of carbonyl (C=O) groups excluding carboxylic acids is 4. The van der Waals surface area contributed by atoms with Crippen molar-refractivity contribution >= 4 is 33.5 Å². The van der Waals surface area contributed by atoms with Crippen LogP contribution in [-0.4, -0.2) is 78.6 Å². The summed E-state index contributed by atoms with van der Waals surface area (Å²) < 4.78 is 28.4. The minimum atomic E-state index is -3.17. The molecule has 3 rings (SSSR count). The molecule has 0 radical (unpaired) electrons. The molecule has 0 saturated carbocycles. The van der Waals surface area contributed by atoms with Crippen molar-refractivity contribution in [3.05, 3.63) is 35.4 Å². The van der Waals surface area contributed by atoms with Gasteiger partial charge in [-0.25, -0.2) is 13.2 Å². The van der Waals surface area contributed by atoms with Crippen molar-refractivity contribution in [1.82, 2.24) is 9.80 Å². The number of fused-ring (bicyclic) bond motifs is 1. The molecule has 2 aliphatic rings. The van der Waals surface area contributed by atoms with Gasteiger partial charge in [-0.05, 0) is 32.4 Å². The van der Waals surface area contributed by atoms with Gasteiger partial charge in [0.2, 0.25) is 0 Å². The molecule has 2 aliphatic heterocycles. The molecule has 1 aromatic rings. The molecular formula is C19H22N2O7S. The van der Waals surface area contributed by atoms with Crippen LogP contribution in [0.4, 0.5) is 0 Å². The van der Waals surface area contributed by atoms with Gasteiger partial charge < -0.3 is 9.64 Å². The Bertz CT molecular complexity index is 953. The third kappa shape index (κ3) is 3.89. The van der Waals surface area contributed by atoms with Gasteiger partial charge in [-0.3, -0.25) is 19.3 Å². The number of esters is 1. The van der Waals surface area contributed by atoms with E-state index in [2.05, 4.69) is 0 Å². The van der Waals surface area contributed by atoms with E-state index in [-0.39, 0.29) is 22.6 Å². The van der Waals surface area contributed by atoms with E-state index in [0.717, 1.165) is 4.90 Å². The zero-order valence-electron chi connectivity index (χ0n) is 16.3. The van der Waals surface area contributed by atoms with Crippen molar-refractivity contribution in [2.75, 3.05) is 18.6 Å². The van der Waals surface area contributed by atoms with Crippen LogP contribution >= 0.6 is 0 Å². The fourth-order valence-electron chi connectivity index (χ4n) is 3.54. The second-order valence-corrected chi connectivity index (χ2v) is 9.52. The van der Waals surface area contributed by atoms with Crippen molar-refractivity contribution in [3.63, 3.8) is 0 Å². The van der Waals surface area contributed by atoms with Crippen molar-refractivity contribution < 1.29 is 32.3 Å². The summed E-state index contributed by atoms with van der Waals surface area (Å²) in [5.41, 5.74) is 0.423. The normalized spacial score (nSPS) is 22.2. The number of sulfone groups is 1. The minimum Gasteiger partial charge on any atom is -0.451 e. The lowest BCUT2D eigenvalue weighted by molar-refractivity contribution is -0.162. The van der Waals surface area contributed by atoms with E-state index >= 15 is 0 Å². The minimum absolute atomic E-state index is 0.0141. The van der Waals surface area contributed by atoms with Crippen LogP contribution in [0.15, 0.2) is 24.3 Å². The Hall–Kier alpha value is -2.75. The number of hydrogen-bond donors (Lipinski definition) is 0. The molecule has 1 fully saturated rings. The molecule has 1 aromatic carbocycles. The Morgan fingerprint density at radius 3 is 2.17 bits per heavy atom. The fourth-order valence-corrected chi connectivity index (χ4v) is 5.31. The summed E-state index contributed by atoms with van der Waals surface area (Å²) in [5, 5.41) is 0. The van der Waals surface area contributed by atoms with Gasteiger partial charge in [0, 0.05) is 13.1 Å². The molecule has 0 N–H and O–H groups in total. The second-order valence-electron chi connectivity index (χ2n) is 7.29. The third-order valence-electron chi connectivity index (χ3n) is 5.30. The van der Waals surface area contributed by atoms with Crippen LogP contribution < -0.4 is 0 Å². The van der Waals surface area contributed by atoms with Crippen molar-refractivity contribution in [3.8, 4) is 0 Å². The zero-order chi connectivity index (χ0) is 21.5. The zero-order valence-corrected chi connectivity index (χ0v) is 17.1.